The summed E-state index contributed by atoms with van der Waals surface area (Å²) in [6, 6.07) is 8.50. The van der Waals surface area contributed by atoms with E-state index in [1.807, 2.05) is 32.0 Å². The lowest BCUT2D eigenvalue weighted by atomic mass is 10.0. The molecule has 0 fully saturated rings. The minimum absolute atomic E-state index is 0.0686. The molecule has 6 heteroatoms. The van der Waals surface area contributed by atoms with Gasteiger partial charge in [0, 0.05) is 11.8 Å². The zero-order valence-electron chi connectivity index (χ0n) is 11.1. The maximum Gasteiger partial charge on any atom is 0.374 e. The van der Waals surface area contributed by atoms with Gasteiger partial charge in [0.05, 0.1) is 0 Å². The van der Waals surface area contributed by atoms with Gasteiger partial charge in [0.2, 0.25) is 5.76 Å². The molecule has 0 saturated carbocycles. The summed E-state index contributed by atoms with van der Waals surface area (Å²) in [4.78, 5) is 22.7. The highest BCUT2D eigenvalue weighted by Gasteiger charge is 2.17. The van der Waals surface area contributed by atoms with E-state index < -0.39 is 11.9 Å². The van der Waals surface area contributed by atoms with Crippen LogP contribution >= 0.6 is 0 Å². The van der Waals surface area contributed by atoms with Gasteiger partial charge in [0.25, 0.3) is 5.91 Å². The molecule has 1 heterocycles. The number of carboxylic acids is 1. The third-order valence-corrected chi connectivity index (χ3v) is 2.78. The van der Waals surface area contributed by atoms with Gasteiger partial charge >= 0.3 is 5.97 Å². The first-order chi connectivity index (χ1) is 9.49. The summed E-state index contributed by atoms with van der Waals surface area (Å²) >= 11 is 0. The Morgan fingerprint density at radius 2 is 2.00 bits per heavy atom. The van der Waals surface area contributed by atoms with Crippen LogP contribution < -0.4 is 5.32 Å². The van der Waals surface area contributed by atoms with E-state index in [2.05, 4.69) is 15.0 Å². The van der Waals surface area contributed by atoms with Gasteiger partial charge in [-0.05, 0) is 17.5 Å². The molecule has 20 heavy (non-hydrogen) atoms. The molecule has 6 nitrogen and oxygen atoms in total. The van der Waals surface area contributed by atoms with Gasteiger partial charge in [0.1, 0.15) is 0 Å². The van der Waals surface area contributed by atoms with Gasteiger partial charge in [-0.15, -0.1) is 0 Å². The Balaban J connectivity index is 2.21. The predicted octanol–water partition coefficient (Wildman–Crippen LogP) is 2.75. The van der Waals surface area contributed by atoms with E-state index in [-0.39, 0.29) is 17.4 Å². The van der Waals surface area contributed by atoms with Gasteiger partial charge in [-0.25, -0.2) is 4.79 Å². The second-order valence-electron chi connectivity index (χ2n) is 4.58. The number of benzene rings is 1. The van der Waals surface area contributed by atoms with Crippen molar-refractivity contribution >= 4 is 17.6 Å². The van der Waals surface area contributed by atoms with E-state index in [1.54, 1.807) is 6.07 Å². The minimum atomic E-state index is -1.26. The Hall–Kier alpha value is -2.63. The Kier molecular flexibility index (Phi) is 3.84. The molecule has 2 aromatic rings. The number of aromatic carboxylic acids is 1. The van der Waals surface area contributed by atoms with Gasteiger partial charge in [-0.2, -0.15) is 0 Å². The van der Waals surface area contributed by atoms with Crippen LogP contribution in [0.5, 0.6) is 0 Å². The number of rotatable bonds is 4. The van der Waals surface area contributed by atoms with Crippen LogP contribution in [-0.4, -0.2) is 22.1 Å². The van der Waals surface area contributed by atoms with Crippen molar-refractivity contribution in [2.75, 3.05) is 5.32 Å². The van der Waals surface area contributed by atoms with Crippen LogP contribution in [0.3, 0.4) is 0 Å². The number of nitrogens with one attached hydrogen (secondary N) is 1. The summed E-state index contributed by atoms with van der Waals surface area (Å²) < 4.78 is 4.55. The number of hydrogen-bond donors (Lipinski definition) is 2. The van der Waals surface area contributed by atoms with E-state index >= 15 is 0 Å². The second kappa shape index (κ2) is 5.56. The van der Waals surface area contributed by atoms with Crippen molar-refractivity contribution in [3.8, 4) is 0 Å². The number of para-hydroxylation sites is 1. The second-order valence-corrected chi connectivity index (χ2v) is 4.58. The largest absolute Gasteiger partial charge is 0.475 e. The zero-order chi connectivity index (χ0) is 14.7. The topological polar surface area (TPSA) is 92.4 Å². The first kappa shape index (κ1) is 13.8. The number of amides is 1. The Labute approximate surface area is 115 Å². The molecule has 2 N–H and O–H groups in total. The van der Waals surface area contributed by atoms with Crippen molar-refractivity contribution in [2.24, 2.45) is 0 Å². The molecule has 0 atom stereocenters. The number of nitrogens with zero attached hydrogens (tertiary/aromatic N) is 1. The Bertz CT molecular complexity index is 646. The monoisotopic (exact) mass is 274 g/mol. The SMILES string of the molecule is CC(C)c1ccccc1NC(=O)c1cc(C(=O)O)on1. The van der Waals surface area contributed by atoms with Gasteiger partial charge in [-0.3, -0.25) is 4.79 Å². The van der Waals surface area contributed by atoms with E-state index in [4.69, 9.17) is 5.11 Å². The molecule has 104 valence electrons. The lowest BCUT2D eigenvalue weighted by molar-refractivity contribution is 0.0651. The molecule has 1 aromatic carbocycles. The van der Waals surface area contributed by atoms with E-state index in [0.29, 0.717) is 5.69 Å². The van der Waals surface area contributed by atoms with Crippen molar-refractivity contribution in [3.63, 3.8) is 0 Å². The standard InChI is InChI=1S/C14H14N2O4/c1-8(2)9-5-3-4-6-10(9)15-13(17)11-7-12(14(18)19)20-16-11/h3-8H,1-2H3,(H,15,17)(H,18,19). The number of carbonyl (C=O) groups excluding carboxylic acids is 1. The first-order valence-electron chi connectivity index (χ1n) is 6.09. The van der Waals surface area contributed by atoms with Crippen molar-refractivity contribution in [2.45, 2.75) is 19.8 Å². The first-order valence-corrected chi connectivity index (χ1v) is 6.09. The summed E-state index contributed by atoms with van der Waals surface area (Å²) in [6.07, 6.45) is 0. The Morgan fingerprint density at radius 3 is 2.60 bits per heavy atom. The van der Waals surface area contributed by atoms with Crippen LogP contribution in [0.25, 0.3) is 0 Å². The smallest absolute Gasteiger partial charge is 0.374 e. The number of hydrogen-bond acceptors (Lipinski definition) is 4. The average molecular weight is 274 g/mol. The van der Waals surface area contributed by atoms with E-state index in [0.717, 1.165) is 11.6 Å². The van der Waals surface area contributed by atoms with Gasteiger partial charge in [-0.1, -0.05) is 37.2 Å². The quantitative estimate of drug-likeness (QED) is 0.894. The third kappa shape index (κ3) is 2.85. The molecule has 0 aliphatic heterocycles. The van der Waals surface area contributed by atoms with Crippen LogP contribution in [0, 0.1) is 0 Å². The predicted molar refractivity (Wildman–Crippen MR) is 71.9 cm³/mol. The third-order valence-electron chi connectivity index (χ3n) is 2.78. The van der Waals surface area contributed by atoms with E-state index in [1.165, 1.54) is 0 Å². The summed E-state index contributed by atoms with van der Waals surface area (Å²) in [7, 11) is 0. The van der Waals surface area contributed by atoms with Crippen LogP contribution in [0.4, 0.5) is 5.69 Å². The molecule has 1 aromatic heterocycles. The van der Waals surface area contributed by atoms with Crippen LogP contribution in [0.15, 0.2) is 34.9 Å². The fraction of sp³-hybridized carbons (Fsp3) is 0.214. The summed E-state index contributed by atoms with van der Waals surface area (Å²) in [6.45, 7) is 4.03. The van der Waals surface area contributed by atoms with Crippen LogP contribution in [-0.2, 0) is 0 Å². The molecule has 0 radical (unpaired) electrons. The molecule has 0 aliphatic rings. The van der Waals surface area contributed by atoms with Gasteiger partial charge < -0.3 is 14.9 Å². The molecule has 2 rings (SSSR count). The molecular weight excluding hydrogens is 260 g/mol. The van der Waals surface area contributed by atoms with Crippen LogP contribution in [0.2, 0.25) is 0 Å². The summed E-state index contributed by atoms with van der Waals surface area (Å²) in [5.41, 5.74) is 1.59. The highest BCUT2D eigenvalue weighted by Crippen LogP contribution is 2.24. The lowest BCUT2D eigenvalue weighted by Crippen LogP contribution is -2.14. The zero-order valence-corrected chi connectivity index (χ0v) is 11.1. The molecule has 0 bridgehead atoms. The summed E-state index contributed by atoms with van der Waals surface area (Å²) in [5, 5.41) is 14.9. The lowest BCUT2D eigenvalue weighted by Gasteiger charge is -2.12. The summed E-state index contributed by atoms with van der Waals surface area (Å²) in [5.74, 6) is -1.89. The molecule has 0 spiro atoms. The van der Waals surface area contributed by atoms with Gasteiger partial charge in [0.15, 0.2) is 5.69 Å². The minimum Gasteiger partial charge on any atom is -0.475 e. The van der Waals surface area contributed by atoms with Crippen molar-refractivity contribution in [1.29, 1.82) is 0 Å². The fourth-order valence-corrected chi connectivity index (χ4v) is 1.78. The number of aromatic nitrogens is 1. The molecule has 1 amide bonds. The highest BCUT2D eigenvalue weighted by molar-refractivity contribution is 6.04. The highest BCUT2D eigenvalue weighted by atomic mass is 16.5. The molecule has 0 saturated heterocycles. The normalized spacial score (nSPS) is 10.6. The van der Waals surface area contributed by atoms with Crippen molar-refractivity contribution in [3.05, 3.63) is 47.3 Å². The molecular formula is C14H14N2O4. The number of carbonyl (C=O) groups is 2. The maximum atomic E-state index is 12.0. The van der Waals surface area contributed by atoms with Crippen molar-refractivity contribution < 1.29 is 19.2 Å². The molecule has 0 unspecified atom stereocenters. The van der Waals surface area contributed by atoms with Crippen LogP contribution in [0.1, 0.15) is 46.4 Å². The fourth-order valence-electron chi connectivity index (χ4n) is 1.78. The van der Waals surface area contributed by atoms with E-state index in [9.17, 15) is 9.59 Å². The Morgan fingerprint density at radius 1 is 1.30 bits per heavy atom. The number of carboxylic acid groups (broad SMARTS) is 1. The average Bonchev–Trinajstić information content (AvgIpc) is 2.89. The maximum absolute atomic E-state index is 12.0. The number of anilines is 1. The van der Waals surface area contributed by atoms with Crippen molar-refractivity contribution in [1.82, 2.24) is 5.16 Å². The molecule has 0 aliphatic carbocycles.